The fourth-order valence-corrected chi connectivity index (χ4v) is 2.97. The first-order chi connectivity index (χ1) is 7.24. The summed E-state index contributed by atoms with van der Waals surface area (Å²) in [6.07, 6.45) is 4.46. The summed E-state index contributed by atoms with van der Waals surface area (Å²) in [6.45, 7) is 4.34. The van der Waals surface area contributed by atoms with Crippen LogP contribution in [0.15, 0.2) is 0 Å². The molecule has 2 aliphatic rings. The molecule has 1 saturated carbocycles. The molecule has 2 atom stereocenters. The number of urea groups is 1. The van der Waals surface area contributed by atoms with Crippen molar-refractivity contribution in [3.8, 4) is 0 Å². The number of likely N-dealkylation sites (tertiary alicyclic amines) is 1. The SMILES string of the molecule is CCCNC(=O)N1CCC2CCC21CN. The molecule has 0 spiro atoms. The average molecular weight is 211 g/mol. The maximum Gasteiger partial charge on any atom is 0.317 e. The van der Waals surface area contributed by atoms with Crippen LogP contribution in [0.1, 0.15) is 32.6 Å². The van der Waals surface area contributed by atoms with Crippen molar-refractivity contribution >= 4 is 6.03 Å². The lowest BCUT2D eigenvalue weighted by Crippen LogP contribution is -2.62. The van der Waals surface area contributed by atoms with E-state index in [-0.39, 0.29) is 11.6 Å². The van der Waals surface area contributed by atoms with Crippen LogP contribution in [-0.2, 0) is 0 Å². The largest absolute Gasteiger partial charge is 0.338 e. The first-order valence-corrected chi connectivity index (χ1v) is 6.00. The van der Waals surface area contributed by atoms with E-state index in [1.807, 2.05) is 4.90 Å². The van der Waals surface area contributed by atoms with E-state index in [0.717, 1.165) is 32.4 Å². The smallest absolute Gasteiger partial charge is 0.317 e. The van der Waals surface area contributed by atoms with Crippen LogP contribution in [0.3, 0.4) is 0 Å². The molecule has 1 heterocycles. The maximum absolute atomic E-state index is 11.9. The number of rotatable bonds is 3. The molecule has 1 aliphatic carbocycles. The number of nitrogens with two attached hydrogens (primary N) is 1. The second kappa shape index (κ2) is 4.00. The highest BCUT2D eigenvalue weighted by Crippen LogP contribution is 2.49. The summed E-state index contributed by atoms with van der Waals surface area (Å²) >= 11 is 0. The van der Waals surface area contributed by atoms with Crippen molar-refractivity contribution in [3.63, 3.8) is 0 Å². The highest BCUT2D eigenvalue weighted by atomic mass is 16.2. The van der Waals surface area contributed by atoms with Gasteiger partial charge in [-0.05, 0) is 31.6 Å². The molecule has 2 unspecified atom stereocenters. The Hall–Kier alpha value is -0.770. The Morgan fingerprint density at radius 3 is 2.93 bits per heavy atom. The number of carbonyl (C=O) groups excluding carboxylic acids is 1. The Morgan fingerprint density at radius 1 is 1.60 bits per heavy atom. The number of hydrogen-bond donors (Lipinski definition) is 2. The molecule has 0 aromatic rings. The van der Waals surface area contributed by atoms with Crippen molar-refractivity contribution in [2.24, 2.45) is 11.7 Å². The molecule has 4 nitrogen and oxygen atoms in total. The van der Waals surface area contributed by atoms with Gasteiger partial charge >= 0.3 is 6.03 Å². The van der Waals surface area contributed by atoms with E-state index in [0.29, 0.717) is 12.5 Å². The van der Waals surface area contributed by atoms with Crippen molar-refractivity contribution < 1.29 is 4.79 Å². The van der Waals surface area contributed by atoms with Gasteiger partial charge in [0.15, 0.2) is 0 Å². The third kappa shape index (κ3) is 1.51. The fourth-order valence-electron chi connectivity index (χ4n) is 2.97. The molecule has 1 saturated heterocycles. The van der Waals surface area contributed by atoms with Crippen LogP contribution in [-0.4, -0.2) is 36.1 Å². The number of nitrogens with one attached hydrogen (secondary N) is 1. The molecule has 86 valence electrons. The van der Waals surface area contributed by atoms with Gasteiger partial charge in [-0.3, -0.25) is 0 Å². The number of fused-ring (bicyclic) bond motifs is 1. The van der Waals surface area contributed by atoms with Crippen LogP contribution < -0.4 is 11.1 Å². The van der Waals surface area contributed by atoms with Crippen molar-refractivity contribution in [1.29, 1.82) is 0 Å². The van der Waals surface area contributed by atoms with Crippen LogP contribution in [0.25, 0.3) is 0 Å². The van der Waals surface area contributed by atoms with Crippen LogP contribution in [0.4, 0.5) is 4.79 Å². The molecule has 2 fully saturated rings. The molecule has 0 bridgehead atoms. The summed E-state index contributed by atoms with van der Waals surface area (Å²) in [4.78, 5) is 13.9. The van der Waals surface area contributed by atoms with Crippen LogP contribution in [0, 0.1) is 5.92 Å². The predicted molar refractivity (Wildman–Crippen MR) is 59.5 cm³/mol. The lowest BCUT2D eigenvalue weighted by atomic mass is 9.67. The zero-order valence-corrected chi connectivity index (χ0v) is 9.46. The molecule has 0 aromatic heterocycles. The number of nitrogens with zero attached hydrogens (tertiary/aromatic N) is 1. The Bertz CT molecular complexity index is 252. The quantitative estimate of drug-likeness (QED) is 0.729. The normalized spacial score (nSPS) is 33.5. The Morgan fingerprint density at radius 2 is 2.40 bits per heavy atom. The Kier molecular flexibility index (Phi) is 2.87. The Balaban J connectivity index is 2.00. The average Bonchev–Trinajstić information content (AvgIpc) is 2.47. The van der Waals surface area contributed by atoms with E-state index < -0.39 is 0 Å². The minimum Gasteiger partial charge on any atom is -0.338 e. The van der Waals surface area contributed by atoms with E-state index in [9.17, 15) is 4.79 Å². The number of amides is 2. The van der Waals surface area contributed by atoms with Gasteiger partial charge in [-0.1, -0.05) is 6.92 Å². The Labute approximate surface area is 91.2 Å². The van der Waals surface area contributed by atoms with Crippen molar-refractivity contribution in [1.82, 2.24) is 10.2 Å². The van der Waals surface area contributed by atoms with Crippen LogP contribution >= 0.6 is 0 Å². The summed E-state index contributed by atoms with van der Waals surface area (Å²) in [5.41, 5.74) is 5.86. The molecule has 2 amide bonds. The molecule has 0 radical (unpaired) electrons. The predicted octanol–water partition coefficient (Wildman–Crippen LogP) is 0.919. The van der Waals surface area contributed by atoms with Crippen molar-refractivity contribution in [2.45, 2.75) is 38.1 Å². The monoisotopic (exact) mass is 211 g/mol. The molecule has 15 heavy (non-hydrogen) atoms. The maximum atomic E-state index is 11.9. The first-order valence-electron chi connectivity index (χ1n) is 6.00. The standard InChI is InChI=1S/C11H21N3O/c1-2-6-13-10(15)14-7-4-9-3-5-11(9,14)8-12/h9H,2-8,12H2,1H3,(H,13,15). The third-order valence-corrected chi connectivity index (χ3v) is 4.05. The zero-order valence-electron chi connectivity index (χ0n) is 9.46. The molecular formula is C11H21N3O. The van der Waals surface area contributed by atoms with E-state index >= 15 is 0 Å². The molecule has 1 aliphatic heterocycles. The first kappa shape index (κ1) is 10.7. The highest BCUT2D eigenvalue weighted by molar-refractivity contribution is 5.76. The summed E-state index contributed by atoms with van der Waals surface area (Å²) in [6, 6.07) is 0.0875. The summed E-state index contributed by atoms with van der Waals surface area (Å²) in [5.74, 6) is 0.662. The summed E-state index contributed by atoms with van der Waals surface area (Å²) in [5, 5.41) is 2.95. The summed E-state index contributed by atoms with van der Waals surface area (Å²) < 4.78 is 0. The van der Waals surface area contributed by atoms with Gasteiger partial charge in [0.1, 0.15) is 0 Å². The van der Waals surface area contributed by atoms with Crippen LogP contribution in [0.5, 0.6) is 0 Å². The van der Waals surface area contributed by atoms with Gasteiger partial charge in [-0.15, -0.1) is 0 Å². The third-order valence-electron chi connectivity index (χ3n) is 4.05. The molecular weight excluding hydrogens is 190 g/mol. The lowest BCUT2D eigenvalue weighted by molar-refractivity contribution is 0.0509. The van der Waals surface area contributed by atoms with Crippen molar-refractivity contribution in [3.05, 3.63) is 0 Å². The van der Waals surface area contributed by atoms with E-state index in [4.69, 9.17) is 5.73 Å². The zero-order chi connectivity index (χ0) is 10.9. The number of hydrogen-bond acceptors (Lipinski definition) is 2. The van der Waals surface area contributed by atoms with Gasteiger partial charge < -0.3 is 16.0 Å². The number of carbonyl (C=O) groups is 1. The van der Waals surface area contributed by atoms with E-state index in [2.05, 4.69) is 12.2 Å². The van der Waals surface area contributed by atoms with Gasteiger partial charge in [0.25, 0.3) is 0 Å². The fraction of sp³-hybridized carbons (Fsp3) is 0.909. The minimum absolute atomic E-state index is 0.0117. The summed E-state index contributed by atoms with van der Waals surface area (Å²) in [7, 11) is 0. The second-order valence-electron chi connectivity index (χ2n) is 4.72. The molecule has 4 heteroatoms. The van der Waals surface area contributed by atoms with Gasteiger partial charge in [0.05, 0.1) is 5.54 Å². The molecule has 0 aromatic carbocycles. The van der Waals surface area contributed by atoms with E-state index in [1.54, 1.807) is 0 Å². The van der Waals surface area contributed by atoms with Gasteiger partial charge in [0, 0.05) is 19.6 Å². The van der Waals surface area contributed by atoms with Gasteiger partial charge in [0.2, 0.25) is 0 Å². The van der Waals surface area contributed by atoms with Crippen molar-refractivity contribution in [2.75, 3.05) is 19.6 Å². The van der Waals surface area contributed by atoms with E-state index in [1.165, 1.54) is 6.42 Å². The van der Waals surface area contributed by atoms with Gasteiger partial charge in [-0.2, -0.15) is 0 Å². The van der Waals surface area contributed by atoms with Gasteiger partial charge in [-0.25, -0.2) is 4.79 Å². The minimum atomic E-state index is 0.0117. The highest BCUT2D eigenvalue weighted by Gasteiger charge is 2.55. The molecule has 3 N–H and O–H groups in total. The second-order valence-corrected chi connectivity index (χ2v) is 4.72. The lowest BCUT2D eigenvalue weighted by Gasteiger charge is -2.49. The molecule has 2 rings (SSSR count). The van der Waals surface area contributed by atoms with Crippen LogP contribution in [0.2, 0.25) is 0 Å². The topological polar surface area (TPSA) is 58.4 Å².